The van der Waals surface area contributed by atoms with Crippen LogP contribution in [0.15, 0.2) is 29.4 Å². The highest BCUT2D eigenvalue weighted by Gasteiger charge is 2.36. The molecule has 38 heavy (non-hydrogen) atoms. The lowest BCUT2D eigenvalue weighted by Crippen LogP contribution is -2.35. The fourth-order valence-corrected chi connectivity index (χ4v) is 4.87. The molecule has 0 saturated heterocycles. The maximum atomic E-state index is 13.5. The Labute approximate surface area is 219 Å². The summed E-state index contributed by atoms with van der Waals surface area (Å²) in [6.45, 7) is 8.43. The van der Waals surface area contributed by atoms with Crippen molar-refractivity contribution in [2.45, 2.75) is 78.1 Å². The van der Waals surface area contributed by atoms with Crippen LogP contribution >= 0.6 is 0 Å². The van der Waals surface area contributed by atoms with Crippen LogP contribution in [0.25, 0.3) is 10.9 Å². The smallest absolute Gasteiger partial charge is 0.412 e. The molecule has 2 aromatic rings. The molecule has 1 aromatic heterocycles. The van der Waals surface area contributed by atoms with Crippen molar-refractivity contribution in [3.8, 4) is 0 Å². The Morgan fingerprint density at radius 3 is 2.50 bits per heavy atom. The number of benzene rings is 1. The Morgan fingerprint density at radius 1 is 1.13 bits per heavy atom. The minimum Gasteiger partial charge on any atom is -0.444 e. The molecule has 1 unspecified atom stereocenters. The number of ether oxygens (including phenoxy) is 1. The Balaban J connectivity index is 1.68. The predicted molar refractivity (Wildman–Crippen MR) is 139 cm³/mol. The van der Waals surface area contributed by atoms with Gasteiger partial charge in [0.2, 0.25) is 5.91 Å². The second-order valence-electron chi connectivity index (χ2n) is 10.7. The van der Waals surface area contributed by atoms with Crippen LogP contribution in [-0.4, -0.2) is 46.3 Å². The molecule has 2 aliphatic carbocycles. The van der Waals surface area contributed by atoms with E-state index in [4.69, 9.17) is 4.74 Å². The lowest BCUT2D eigenvalue weighted by molar-refractivity contribution is -0.119. The van der Waals surface area contributed by atoms with Gasteiger partial charge in [-0.05, 0) is 75.8 Å². The molecule has 4 rings (SSSR count). The second kappa shape index (κ2) is 10.3. The molecule has 2 aliphatic rings. The molecule has 11 heteroatoms. The van der Waals surface area contributed by atoms with Crippen molar-refractivity contribution < 1.29 is 27.5 Å². The van der Waals surface area contributed by atoms with Gasteiger partial charge in [-0.3, -0.25) is 10.1 Å². The van der Waals surface area contributed by atoms with E-state index in [2.05, 4.69) is 25.9 Å². The van der Waals surface area contributed by atoms with Crippen molar-refractivity contribution in [1.29, 1.82) is 0 Å². The number of hydrogen-bond acceptors (Lipinski definition) is 6. The van der Waals surface area contributed by atoms with Crippen molar-refractivity contribution in [1.82, 2.24) is 15.3 Å². The van der Waals surface area contributed by atoms with E-state index < -0.39 is 35.4 Å². The van der Waals surface area contributed by atoms with Gasteiger partial charge in [0.15, 0.2) is 0 Å². The fraction of sp³-hybridized carbons (Fsp3) is 0.481. The number of halogens is 3. The van der Waals surface area contributed by atoms with Gasteiger partial charge in [0.1, 0.15) is 17.2 Å². The van der Waals surface area contributed by atoms with E-state index in [1.807, 2.05) is 0 Å². The van der Waals surface area contributed by atoms with Crippen LogP contribution in [0.2, 0.25) is 0 Å². The maximum Gasteiger partial charge on any atom is 0.412 e. The Kier molecular flexibility index (Phi) is 7.40. The van der Waals surface area contributed by atoms with Crippen LogP contribution < -0.4 is 16.0 Å². The first kappa shape index (κ1) is 27.4. The lowest BCUT2D eigenvalue weighted by atomic mass is 9.94. The molecule has 0 saturated carbocycles. The van der Waals surface area contributed by atoms with E-state index in [-0.39, 0.29) is 13.0 Å². The standard InChI is InChI=1S/C27H32F3N5O3/c1-14-32-23-20-8-6-7-19(20)22(35-25(37)38-26(3,4)5)12-21(23)24(33-14)31-13-16-9-17(27(28,29)30)11-18(10-16)34-15(2)36/h9-10,12,18H,6-8,11,13H2,1-5H3,(H,34,36)(H,35,37)(H,31,32,33). The first-order valence-electron chi connectivity index (χ1n) is 12.5. The number of hydrogen-bond donors (Lipinski definition) is 3. The number of fused-ring (bicyclic) bond motifs is 3. The molecule has 3 N–H and O–H groups in total. The number of anilines is 2. The Bertz CT molecular complexity index is 1340. The zero-order chi connectivity index (χ0) is 27.8. The van der Waals surface area contributed by atoms with Gasteiger partial charge in [-0.15, -0.1) is 0 Å². The molecule has 0 spiro atoms. The molecule has 1 aromatic carbocycles. The molecule has 1 heterocycles. The van der Waals surface area contributed by atoms with Gasteiger partial charge in [0.25, 0.3) is 0 Å². The first-order chi connectivity index (χ1) is 17.7. The van der Waals surface area contributed by atoms with Crippen LogP contribution in [0, 0.1) is 6.92 Å². The molecular weight excluding hydrogens is 499 g/mol. The Morgan fingerprint density at radius 2 is 1.84 bits per heavy atom. The molecular formula is C27H32F3N5O3. The van der Waals surface area contributed by atoms with Crippen LogP contribution in [0.4, 0.5) is 29.5 Å². The van der Waals surface area contributed by atoms with Crippen molar-refractivity contribution in [2.24, 2.45) is 0 Å². The van der Waals surface area contributed by atoms with E-state index in [1.165, 1.54) is 6.92 Å². The number of aromatic nitrogens is 2. The summed E-state index contributed by atoms with van der Waals surface area (Å²) in [6.07, 6.45) is -0.203. The fourth-order valence-electron chi connectivity index (χ4n) is 4.87. The van der Waals surface area contributed by atoms with E-state index in [0.717, 1.165) is 42.0 Å². The molecule has 0 bridgehead atoms. The van der Waals surface area contributed by atoms with Gasteiger partial charge >= 0.3 is 12.3 Å². The summed E-state index contributed by atoms with van der Waals surface area (Å²) in [5.41, 5.74) is 2.38. The molecule has 0 radical (unpaired) electrons. The van der Waals surface area contributed by atoms with Gasteiger partial charge in [-0.2, -0.15) is 13.2 Å². The van der Waals surface area contributed by atoms with E-state index in [1.54, 1.807) is 39.8 Å². The van der Waals surface area contributed by atoms with E-state index >= 15 is 0 Å². The summed E-state index contributed by atoms with van der Waals surface area (Å²) in [6, 6.07) is 1.03. The SMILES string of the molecule is CC(=O)NC1C=C(CNc2nc(C)nc3c4c(c(NC(=O)OC(C)(C)C)cc23)CCC4)C=C(C(F)(F)F)C1. The van der Waals surface area contributed by atoms with Crippen molar-refractivity contribution in [3.05, 3.63) is 46.3 Å². The third-order valence-electron chi connectivity index (χ3n) is 6.24. The van der Waals surface area contributed by atoms with Crippen LogP contribution in [0.5, 0.6) is 0 Å². The number of alkyl halides is 3. The topological polar surface area (TPSA) is 105 Å². The summed E-state index contributed by atoms with van der Waals surface area (Å²) < 4.78 is 46.0. The second-order valence-corrected chi connectivity index (χ2v) is 10.7. The van der Waals surface area contributed by atoms with E-state index in [0.29, 0.717) is 28.3 Å². The van der Waals surface area contributed by atoms with Crippen LogP contribution in [-0.2, 0) is 22.4 Å². The highest BCUT2D eigenvalue weighted by atomic mass is 19.4. The summed E-state index contributed by atoms with van der Waals surface area (Å²) >= 11 is 0. The molecule has 0 fully saturated rings. The van der Waals surface area contributed by atoms with Gasteiger partial charge in [-0.25, -0.2) is 14.8 Å². The highest BCUT2D eigenvalue weighted by Crippen LogP contribution is 2.38. The number of nitrogens with one attached hydrogen (secondary N) is 3. The number of carbonyl (C=O) groups excluding carboxylic acids is 2. The van der Waals surface area contributed by atoms with Crippen LogP contribution in [0.3, 0.4) is 0 Å². The monoisotopic (exact) mass is 531 g/mol. The van der Waals surface area contributed by atoms with Gasteiger partial charge < -0.3 is 15.4 Å². The summed E-state index contributed by atoms with van der Waals surface area (Å²) in [5, 5.41) is 9.23. The minimum atomic E-state index is -4.50. The minimum absolute atomic E-state index is 0.0487. The first-order valence-corrected chi connectivity index (χ1v) is 12.5. The highest BCUT2D eigenvalue weighted by molar-refractivity contribution is 5.99. The van der Waals surface area contributed by atoms with Gasteiger partial charge in [0, 0.05) is 36.5 Å². The molecule has 1 atom stereocenters. The molecule has 0 aliphatic heterocycles. The predicted octanol–water partition coefficient (Wildman–Crippen LogP) is 5.51. The average Bonchev–Trinajstić information content (AvgIpc) is 3.26. The normalized spacial score (nSPS) is 17.4. The number of nitrogens with zero attached hydrogens (tertiary/aromatic N) is 2. The van der Waals surface area contributed by atoms with Gasteiger partial charge in [-0.1, -0.05) is 6.08 Å². The summed E-state index contributed by atoms with van der Waals surface area (Å²) in [5.74, 6) is 0.555. The third kappa shape index (κ3) is 6.43. The molecule has 2 amide bonds. The number of amides is 2. The number of rotatable bonds is 5. The van der Waals surface area contributed by atoms with Gasteiger partial charge in [0.05, 0.1) is 11.6 Å². The lowest BCUT2D eigenvalue weighted by Gasteiger charge is -2.24. The van der Waals surface area contributed by atoms with Crippen molar-refractivity contribution in [3.63, 3.8) is 0 Å². The summed E-state index contributed by atoms with van der Waals surface area (Å²) in [4.78, 5) is 33.2. The number of aryl methyl sites for hydroxylation is 2. The Hall–Kier alpha value is -3.63. The van der Waals surface area contributed by atoms with Crippen molar-refractivity contribution >= 4 is 34.4 Å². The quantitative estimate of drug-likeness (QED) is 0.470. The molecule has 204 valence electrons. The summed E-state index contributed by atoms with van der Waals surface area (Å²) in [7, 11) is 0. The molecule has 8 nitrogen and oxygen atoms in total. The third-order valence-corrected chi connectivity index (χ3v) is 6.24. The zero-order valence-electron chi connectivity index (χ0n) is 22.1. The van der Waals surface area contributed by atoms with Crippen molar-refractivity contribution in [2.75, 3.05) is 17.2 Å². The average molecular weight is 532 g/mol. The largest absolute Gasteiger partial charge is 0.444 e. The zero-order valence-corrected chi connectivity index (χ0v) is 22.1. The maximum absolute atomic E-state index is 13.5. The number of carbonyl (C=O) groups is 2. The van der Waals surface area contributed by atoms with Crippen LogP contribution in [0.1, 0.15) is 57.5 Å². The van der Waals surface area contributed by atoms with E-state index in [9.17, 15) is 22.8 Å².